The van der Waals surface area contributed by atoms with E-state index in [1.54, 1.807) is 7.11 Å². The van der Waals surface area contributed by atoms with Gasteiger partial charge in [-0.25, -0.2) is 0 Å². The molecule has 0 atom stereocenters. The highest BCUT2D eigenvalue weighted by Crippen LogP contribution is 2.11. The van der Waals surface area contributed by atoms with E-state index in [1.165, 1.54) is 5.56 Å². The summed E-state index contributed by atoms with van der Waals surface area (Å²) in [4.78, 5) is 0. The maximum Gasteiger partial charge on any atom is 0.119 e. The maximum atomic E-state index is 5.48. The molecule has 90 valence electrons. The molecule has 0 aromatic heterocycles. The number of rotatable bonds is 8. The number of nitrogens with one attached hydrogen (secondary N) is 1. The van der Waals surface area contributed by atoms with E-state index in [1.807, 2.05) is 18.2 Å². The summed E-state index contributed by atoms with van der Waals surface area (Å²) in [7, 11) is 1.67. The lowest BCUT2D eigenvalue weighted by Crippen LogP contribution is -2.19. The van der Waals surface area contributed by atoms with Crippen LogP contribution in [0.2, 0.25) is 0 Å². The van der Waals surface area contributed by atoms with Crippen molar-refractivity contribution in [2.24, 2.45) is 0 Å². The third-order valence-corrected chi connectivity index (χ3v) is 2.26. The Hall–Kier alpha value is -0.770. The fourth-order valence-corrected chi connectivity index (χ4v) is 1.43. The standard InChI is InChI=1S/C12H18ClNO2/c1-15-12-4-2-3-11(9-12)10-14-6-8-16-7-5-13/h2-4,9,14H,5-8,10H2,1H3. The maximum absolute atomic E-state index is 5.48. The van der Waals surface area contributed by atoms with Crippen LogP contribution in [0.3, 0.4) is 0 Å². The molecule has 0 aliphatic carbocycles. The van der Waals surface area contributed by atoms with Crippen LogP contribution in [0.1, 0.15) is 5.56 Å². The Bertz CT molecular complexity index is 294. The number of hydrogen-bond acceptors (Lipinski definition) is 3. The first-order valence-electron chi connectivity index (χ1n) is 5.34. The average Bonchev–Trinajstić information content (AvgIpc) is 2.34. The third kappa shape index (κ3) is 5.35. The molecule has 1 N–H and O–H groups in total. The highest BCUT2D eigenvalue weighted by Gasteiger charge is 1.95. The molecule has 0 amide bonds. The van der Waals surface area contributed by atoms with Crippen LogP contribution in [0.5, 0.6) is 5.75 Å². The topological polar surface area (TPSA) is 30.5 Å². The largest absolute Gasteiger partial charge is 0.497 e. The van der Waals surface area contributed by atoms with Gasteiger partial charge in [-0.15, -0.1) is 11.6 Å². The van der Waals surface area contributed by atoms with Crippen LogP contribution in [0, 0.1) is 0 Å². The summed E-state index contributed by atoms with van der Waals surface area (Å²) in [6.45, 7) is 2.95. The Balaban J connectivity index is 2.16. The van der Waals surface area contributed by atoms with Gasteiger partial charge < -0.3 is 14.8 Å². The van der Waals surface area contributed by atoms with E-state index in [0.29, 0.717) is 19.1 Å². The van der Waals surface area contributed by atoms with Gasteiger partial charge in [0, 0.05) is 19.0 Å². The van der Waals surface area contributed by atoms with Crippen LogP contribution in [-0.4, -0.2) is 32.7 Å². The van der Waals surface area contributed by atoms with Gasteiger partial charge in [0.15, 0.2) is 0 Å². The summed E-state index contributed by atoms with van der Waals surface area (Å²) >= 11 is 5.48. The zero-order valence-corrected chi connectivity index (χ0v) is 10.3. The van der Waals surface area contributed by atoms with Crippen molar-refractivity contribution in [3.8, 4) is 5.75 Å². The lowest BCUT2D eigenvalue weighted by molar-refractivity contribution is 0.151. The number of alkyl halides is 1. The molecule has 0 radical (unpaired) electrons. The predicted octanol–water partition coefficient (Wildman–Crippen LogP) is 2.04. The zero-order chi connectivity index (χ0) is 11.6. The van der Waals surface area contributed by atoms with Crippen LogP contribution in [0.15, 0.2) is 24.3 Å². The predicted molar refractivity (Wildman–Crippen MR) is 66.2 cm³/mol. The molecule has 16 heavy (non-hydrogen) atoms. The number of hydrogen-bond donors (Lipinski definition) is 1. The Labute approximate surface area is 102 Å². The van der Waals surface area contributed by atoms with Crippen LogP contribution in [0.4, 0.5) is 0 Å². The number of ether oxygens (including phenoxy) is 2. The normalized spacial score (nSPS) is 10.4. The molecule has 0 aliphatic rings. The van der Waals surface area contributed by atoms with Gasteiger partial charge >= 0.3 is 0 Å². The van der Waals surface area contributed by atoms with Crippen molar-refractivity contribution in [1.29, 1.82) is 0 Å². The summed E-state index contributed by atoms with van der Waals surface area (Å²) in [5, 5.41) is 3.29. The van der Waals surface area contributed by atoms with E-state index in [2.05, 4.69) is 11.4 Å². The van der Waals surface area contributed by atoms with E-state index in [0.717, 1.165) is 18.8 Å². The van der Waals surface area contributed by atoms with Gasteiger partial charge in [0.2, 0.25) is 0 Å². The van der Waals surface area contributed by atoms with E-state index in [-0.39, 0.29) is 0 Å². The van der Waals surface area contributed by atoms with Crippen molar-refractivity contribution >= 4 is 11.6 Å². The van der Waals surface area contributed by atoms with Crippen molar-refractivity contribution < 1.29 is 9.47 Å². The van der Waals surface area contributed by atoms with Gasteiger partial charge in [-0.2, -0.15) is 0 Å². The van der Waals surface area contributed by atoms with Gasteiger partial charge in [0.1, 0.15) is 5.75 Å². The first-order valence-corrected chi connectivity index (χ1v) is 5.87. The summed E-state index contributed by atoms with van der Waals surface area (Å²) in [5.41, 5.74) is 1.21. The van der Waals surface area contributed by atoms with Gasteiger partial charge in [-0.05, 0) is 17.7 Å². The summed E-state index contributed by atoms with van der Waals surface area (Å²) in [6.07, 6.45) is 0. The second-order valence-corrected chi connectivity index (χ2v) is 3.71. The van der Waals surface area contributed by atoms with Crippen molar-refractivity contribution in [3.63, 3.8) is 0 Å². The molecule has 1 aromatic carbocycles. The van der Waals surface area contributed by atoms with Crippen LogP contribution in [-0.2, 0) is 11.3 Å². The number of halogens is 1. The Morgan fingerprint density at radius 2 is 2.19 bits per heavy atom. The molecule has 0 saturated heterocycles. The molecule has 1 aromatic rings. The molecular weight excluding hydrogens is 226 g/mol. The van der Waals surface area contributed by atoms with Gasteiger partial charge in [-0.3, -0.25) is 0 Å². The second-order valence-electron chi connectivity index (χ2n) is 3.33. The first-order chi connectivity index (χ1) is 7.86. The van der Waals surface area contributed by atoms with Gasteiger partial charge in [0.25, 0.3) is 0 Å². The van der Waals surface area contributed by atoms with Crippen LogP contribution >= 0.6 is 11.6 Å². The summed E-state index contributed by atoms with van der Waals surface area (Å²) in [6, 6.07) is 8.01. The van der Waals surface area contributed by atoms with Crippen molar-refractivity contribution in [2.45, 2.75) is 6.54 Å². The number of methoxy groups -OCH3 is 1. The first kappa shape index (κ1) is 13.3. The highest BCUT2D eigenvalue weighted by atomic mass is 35.5. The third-order valence-electron chi connectivity index (χ3n) is 2.11. The van der Waals surface area contributed by atoms with Gasteiger partial charge in [-0.1, -0.05) is 12.1 Å². The fourth-order valence-electron chi connectivity index (χ4n) is 1.32. The van der Waals surface area contributed by atoms with E-state index in [9.17, 15) is 0 Å². The molecule has 0 fully saturated rings. The Morgan fingerprint density at radius 3 is 2.94 bits per heavy atom. The summed E-state index contributed by atoms with van der Waals surface area (Å²) in [5.74, 6) is 1.44. The summed E-state index contributed by atoms with van der Waals surface area (Å²) < 4.78 is 10.4. The SMILES string of the molecule is COc1cccc(CNCCOCCCl)c1. The minimum absolute atomic E-state index is 0.551. The molecule has 1 rings (SSSR count). The molecule has 0 aliphatic heterocycles. The monoisotopic (exact) mass is 243 g/mol. The lowest BCUT2D eigenvalue weighted by atomic mass is 10.2. The minimum atomic E-state index is 0.551. The Morgan fingerprint density at radius 1 is 1.31 bits per heavy atom. The highest BCUT2D eigenvalue weighted by molar-refractivity contribution is 6.17. The molecule has 3 nitrogen and oxygen atoms in total. The number of benzene rings is 1. The Kier molecular flexibility index (Phi) is 6.97. The lowest BCUT2D eigenvalue weighted by Gasteiger charge is -2.06. The molecule has 0 saturated carbocycles. The minimum Gasteiger partial charge on any atom is -0.497 e. The molecule has 0 spiro atoms. The molecule has 0 unspecified atom stereocenters. The van der Waals surface area contributed by atoms with E-state index in [4.69, 9.17) is 21.1 Å². The van der Waals surface area contributed by atoms with Crippen molar-refractivity contribution in [2.75, 3.05) is 32.7 Å². The second kappa shape index (κ2) is 8.39. The van der Waals surface area contributed by atoms with E-state index < -0.39 is 0 Å². The quantitative estimate of drug-likeness (QED) is 0.560. The van der Waals surface area contributed by atoms with Crippen molar-refractivity contribution in [1.82, 2.24) is 5.32 Å². The molecule has 0 heterocycles. The van der Waals surface area contributed by atoms with Gasteiger partial charge in [0.05, 0.1) is 20.3 Å². The average molecular weight is 244 g/mol. The van der Waals surface area contributed by atoms with E-state index >= 15 is 0 Å². The van der Waals surface area contributed by atoms with Crippen molar-refractivity contribution in [3.05, 3.63) is 29.8 Å². The molecular formula is C12H18ClNO2. The smallest absolute Gasteiger partial charge is 0.119 e. The fraction of sp³-hybridized carbons (Fsp3) is 0.500. The molecule has 4 heteroatoms. The van der Waals surface area contributed by atoms with Crippen LogP contribution < -0.4 is 10.1 Å². The molecule has 0 bridgehead atoms. The van der Waals surface area contributed by atoms with Crippen LogP contribution in [0.25, 0.3) is 0 Å². The zero-order valence-electron chi connectivity index (χ0n) is 9.54.